The third-order valence-electron chi connectivity index (χ3n) is 1.24. The average Bonchev–Trinajstić information content (AvgIpc) is 2.57. The van der Waals surface area contributed by atoms with E-state index in [4.69, 9.17) is 5.73 Å². The standard InChI is InChI=1S/C5H6N.C5H5.Fe/c6-5-3-1-2-4-5;1-2-4-5-3-1;/h1-4H,6H2;1-5H;/q2*-1;+2. The summed E-state index contributed by atoms with van der Waals surface area (Å²) in [4.78, 5) is 0. The topological polar surface area (TPSA) is 26.0 Å². The van der Waals surface area contributed by atoms with Crippen molar-refractivity contribution in [3.63, 3.8) is 0 Å². The van der Waals surface area contributed by atoms with E-state index in [1.165, 1.54) is 0 Å². The Morgan fingerprint density at radius 2 is 1.42 bits per heavy atom. The van der Waals surface area contributed by atoms with Crippen LogP contribution in [0.5, 0.6) is 0 Å². The predicted octanol–water partition coefficient (Wildman–Crippen LogP) is 2.39. The molecule has 0 aliphatic rings. The van der Waals surface area contributed by atoms with Crippen molar-refractivity contribution < 1.29 is 17.1 Å². The van der Waals surface area contributed by atoms with Gasteiger partial charge in [0.05, 0.1) is 0 Å². The molecule has 0 bridgehead atoms. The van der Waals surface area contributed by atoms with Gasteiger partial charge in [-0.25, -0.2) is 24.3 Å². The van der Waals surface area contributed by atoms with Crippen LogP contribution in [0.15, 0.2) is 54.6 Å². The molecular weight excluding hydrogens is 190 g/mol. The summed E-state index contributed by atoms with van der Waals surface area (Å²) in [5.74, 6) is 0. The minimum Gasteiger partial charge on any atom is -0.449 e. The van der Waals surface area contributed by atoms with Gasteiger partial charge in [0.15, 0.2) is 0 Å². The molecule has 0 amide bonds. The van der Waals surface area contributed by atoms with Gasteiger partial charge in [-0.3, -0.25) is 0 Å². The second-order valence-electron chi connectivity index (χ2n) is 2.18. The van der Waals surface area contributed by atoms with E-state index in [2.05, 4.69) is 0 Å². The van der Waals surface area contributed by atoms with Crippen molar-refractivity contribution in [3.05, 3.63) is 54.6 Å². The van der Waals surface area contributed by atoms with Crippen molar-refractivity contribution in [2.45, 2.75) is 0 Å². The molecule has 0 unspecified atom stereocenters. The van der Waals surface area contributed by atoms with Gasteiger partial charge in [-0.1, -0.05) is 5.69 Å². The normalized spacial score (nSPS) is 7.67. The van der Waals surface area contributed by atoms with Crippen LogP contribution in [0.4, 0.5) is 5.69 Å². The minimum atomic E-state index is 0. The number of nitrogen functional groups attached to an aromatic ring is 1. The van der Waals surface area contributed by atoms with Crippen molar-refractivity contribution in [2.75, 3.05) is 5.73 Å². The van der Waals surface area contributed by atoms with Gasteiger partial charge in [0.1, 0.15) is 0 Å². The van der Waals surface area contributed by atoms with Gasteiger partial charge in [-0.15, -0.1) is 0 Å². The van der Waals surface area contributed by atoms with E-state index in [1.54, 1.807) is 0 Å². The first-order valence-corrected chi connectivity index (χ1v) is 3.53. The zero-order valence-electron chi connectivity index (χ0n) is 6.63. The van der Waals surface area contributed by atoms with E-state index in [9.17, 15) is 0 Å². The fraction of sp³-hybridized carbons (Fsp3) is 0. The summed E-state index contributed by atoms with van der Waals surface area (Å²) < 4.78 is 0. The van der Waals surface area contributed by atoms with E-state index < -0.39 is 0 Å². The van der Waals surface area contributed by atoms with Crippen LogP contribution in [-0.2, 0) is 17.1 Å². The SMILES string of the molecule is N[c-]1cccc1.[Fe+2].c1cc[cH-]c1. The zero-order chi connectivity index (χ0) is 7.94. The van der Waals surface area contributed by atoms with Crippen LogP contribution in [-0.4, -0.2) is 0 Å². The van der Waals surface area contributed by atoms with E-state index in [0.717, 1.165) is 5.69 Å². The molecule has 0 saturated carbocycles. The average molecular weight is 201 g/mol. The molecule has 0 aliphatic carbocycles. The van der Waals surface area contributed by atoms with E-state index in [0.29, 0.717) is 0 Å². The predicted molar refractivity (Wildman–Crippen MR) is 48.5 cm³/mol. The maximum Gasteiger partial charge on any atom is 2.00 e. The molecule has 2 N–H and O–H groups in total. The molecule has 2 heteroatoms. The van der Waals surface area contributed by atoms with Crippen molar-refractivity contribution in [3.8, 4) is 0 Å². The Balaban J connectivity index is 0.000000189. The maximum atomic E-state index is 5.28. The number of nitrogens with two attached hydrogens (primary N) is 1. The maximum absolute atomic E-state index is 5.28. The van der Waals surface area contributed by atoms with Crippen molar-refractivity contribution >= 4 is 5.69 Å². The molecule has 0 heterocycles. The summed E-state index contributed by atoms with van der Waals surface area (Å²) in [6.07, 6.45) is 0. The molecule has 0 fully saturated rings. The molecule has 0 saturated heterocycles. The van der Waals surface area contributed by atoms with Gasteiger partial charge in [0, 0.05) is 0 Å². The fourth-order valence-electron chi connectivity index (χ4n) is 0.710. The Hall–Kier alpha value is -0.981. The second kappa shape index (κ2) is 6.71. The van der Waals surface area contributed by atoms with Gasteiger partial charge >= 0.3 is 17.1 Å². The smallest absolute Gasteiger partial charge is 0.449 e. The molecular formula is C10H11FeN. The quantitative estimate of drug-likeness (QED) is 0.514. The largest absolute Gasteiger partial charge is 2.00 e. The molecule has 2 rings (SSSR count). The molecule has 12 heavy (non-hydrogen) atoms. The number of rotatable bonds is 0. The summed E-state index contributed by atoms with van der Waals surface area (Å²) >= 11 is 0. The van der Waals surface area contributed by atoms with Gasteiger partial charge < -0.3 is 5.73 Å². The Morgan fingerprint density at radius 1 is 0.917 bits per heavy atom. The van der Waals surface area contributed by atoms with Crippen LogP contribution in [0.1, 0.15) is 0 Å². The Bertz CT molecular complexity index is 228. The number of anilines is 1. The number of hydrogen-bond donors (Lipinski definition) is 1. The van der Waals surface area contributed by atoms with E-state index in [1.807, 2.05) is 54.6 Å². The molecule has 2 aromatic carbocycles. The molecule has 0 aromatic heterocycles. The first kappa shape index (κ1) is 11.0. The Labute approximate surface area is 83.4 Å². The zero-order valence-corrected chi connectivity index (χ0v) is 7.73. The monoisotopic (exact) mass is 201 g/mol. The summed E-state index contributed by atoms with van der Waals surface area (Å²) in [5, 5.41) is 0. The van der Waals surface area contributed by atoms with E-state index in [-0.39, 0.29) is 17.1 Å². The van der Waals surface area contributed by atoms with Crippen LogP contribution < -0.4 is 5.73 Å². The van der Waals surface area contributed by atoms with Gasteiger partial charge in [0.2, 0.25) is 0 Å². The molecule has 64 valence electrons. The summed E-state index contributed by atoms with van der Waals surface area (Å²) in [7, 11) is 0. The van der Waals surface area contributed by atoms with Gasteiger partial charge in [0.25, 0.3) is 0 Å². The van der Waals surface area contributed by atoms with Crippen LogP contribution in [0, 0.1) is 0 Å². The minimum absolute atomic E-state index is 0. The molecule has 1 nitrogen and oxygen atoms in total. The fourth-order valence-corrected chi connectivity index (χ4v) is 0.710. The van der Waals surface area contributed by atoms with Crippen molar-refractivity contribution in [1.29, 1.82) is 0 Å². The van der Waals surface area contributed by atoms with Crippen LogP contribution in [0.2, 0.25) is 0 Å². The third kappa shape index (κ3) is 4.78. The first-order chi connectivity index (χ1) is 5.39. The summed E-state index contributed by atoms with van der Waals surface area (Å²) in [6.45, 7) is 0. The Kier molecular flexibility index (Phi) is 6.16. The molecule has 0 aliphatic heterocycles. The third-order valence-corrected chi connectivity index (χ3v) is 1.24. The molecule has 0 spiro atoms. The van der Waals surface area contributed by atoms with Crippen LogP contribution in [0.25, 0.3) is 0 Å². The summed E-state index contributed by atoms with van der Waals surface area (Å²) in [5.41, 5.74) is 6.12. The Morgan fingerprint density at radius 3 is 1.58 bits per heavy atom. The molecule has 0 radical (unpaired) electrons. The number of hydrogen-bond acceptors (Lipinski definition) is 1. The van der Waals surface area contributed by atoms with Crippen molar-refractivity contribution in [2.24, 2.45) is 0 Å². The van der Waals surface area contributed by atoms with Crippen molar-refractivity contribution in [1.82, 2.24) is 0 Å². The van der Waals surface area contributed by atoms with Crippen LogP contribution in [0.3, 0.4) is 0 Å². The first-order valence-electron chi connectivity index (χ1n) is 3.53. The summed E-state index contributed by atoms with van der Waals surface area (Å²) in [6, 6.07) is 17.5. The van der Waals surface area contributed by atoms with Gasteiger partial charge in [-0.2, -0.15) is 30.3 Å². The molecule has 0 atom stereocenters. The van der Waals surface area contributed by atoms with Gasteiger partial charge in [-0.05, 0) is 0 Å². The van der Waals surface area contributed by atoms with Crippen LogP contribution >= 0.6 is 0 Å². The molecule has 2 aromatic rings. The second-order valence-corrected chi connectivity index (χ2v) is 2.18. The van der Waals surface area contributed by atoms with E-state index >= 15 is 0 Å².